The van der Waals surface area contributed by atoms with Gasteiger partial charge in [0.1, 0.15) is 0 Å². The molecule has 1 saturated heterocycles. The Bertz CT molecular complexity index is 106. The highest BCUT2D eigenvalue weighted by Crippen LogP contribution is 2.14. The van der Waals surface area contributed by atoms with Crippen molar-refractivity contribution in [2.75, 3.05) is 26.2 Å². The number of unbranched alkanes of at least 4 members (excludes halogenated alkanes) is 1. The predicted molar refractivity (Wildman–Crippen MR) is 46.5 cm³/mol. The van der Waals surface area contributed by atoms with Gasteiger partial charge in [0, 0.05) is 13.2 Å². The minimum absolute atomic E-state index is 0.351. The molecule has 0 aromatic carbocycles. The number of hydrogen-bond acceptors (Lipinski definition) is 2. The van der Waals surface area contributed by atoms with Crippen molar-refractivity contribution >= 4 is 0 Å². The van der Waals surface area contributed by atoms with Gasteiger partial charge >= 0.3 is 0 Å². The number of aliphatic hydroxyl groups excluding tert-OH is 1. The summed E-state index contributed by atoms with van der Waals surface area (Å²) >= 11 is 0. The van der Waals surface area contributed by atoms with Crippen molar-refractivity contribution in [3.8, 4) is 0 Å². The second-order valence-corrected chi connectivity index (χ2v) is 3.63. The van der Waals surface area contributed by atoms with Gasteiger partial charge in [-0.25, -0.2) is 0 Å². The number of rotatable bonds is 4. The lowest BCUT2D eigenvalue weighted by Crippen LogP contribution is -2.21. The first-order chi connectivity index (χ1) is 5.33. The maximum Gasteiger partial charge on any atom is 0.0431 e. The summed E-state index contributed by atoms with van der Waals surface area (Å²) in [6, 6.07) is 0. The molecule has 11 heavy (non-hydrogen) atoms. The third-order valence-corrected chi connectivity index (χ3v) is 2.39. The Balaban J connectivity index is 1.99. The van der Waals surface area contributed by atoms with Crippen LogP contribution in [0.1, 0.15) is 26.2 Å². The summed E-state index contributed by atoms with van der Waals surface area (Å²) in [6.45, 7) is 6.39. The lowest BCUT2D eigenvalue weighted by molar-refractivity contribution is 0.261. The molecule has 0 amide bonds. The molecule has 1 rings (SSSR count). The van der Waals surface area contributed by atoms with Gasteiger partial charge in [-0.3, -0.25) is 0 Å². The van der Waals surface area contributed by atoms with Crippen LogP contribution in [-0.4, -0.2) is 36.2 Å². The van der Waals surface area contributed by atoms with E-state index in [1.807, 2.05) is 0 Å². The van der Waals surface area contributed by atoms with Crippen LogP contribution in [0.25, 0.3) is 0 Å². The quantitative estimate of drug-likeness (QED) is 0.618. The third-order valence-electron chi connectivity index (χ3n) is 2.39. The van der Waals surface area contributed by atoms with E-state index in [-0.39, 0.29) is 0 Å². The Kier molecular flexibility index (Phi) is 3.87. The van der Waals surface area contributed by atoms with Gasteiger partial charge in [0.25, 0.3) is 0 Å². The van der Waals surface area contributed by atoms with Crippen molar-refractivity contribution in [3.05, 3.63) is 0 Å². The fourth-order valence-corrected chi connectivity index (χ4v) is 1.68. The average molecular weight is 157 g/mol. The molecule has 1 N–H and O–H groups in total. The molecule has 1 heterocycles. The second kappa shape index (κ2) is 4.73. The van der Waals surface area contributed by atoms with E-state index in [0.717, 1.165) is 18.8 Å². The monoisotopic (exact) mass is 157 g/mol. The zero-order chi connectivity index (χ0) is 8.10. The van der Waals surface area contributed by atoms with E-state index in [1.165, 1.54) is 26.1 Å². The van der Waals surface area contributed by atoms with Gasteiger partial charge in [-0.15, -0.1) is 0 Å². The zero-order valence-corrected chi connectivity index (χ0v) is 7.42. The minimum Gasteiger partial charge on any atom is -0.396 e. The largest absolute Gasteiger partial charge is 0.396 e. The first kappa shape index (κ1) is 9.01. The van der Waals surface area contributed by atoms with Crippen LogP contribution in [-0.2, 0) is 0 Å². The molecule has 1 unspecified atom stereocenters. The summed E-state index contributed by atoms with van der Waals surface area (Å²) in [4.78, 5) is 2.50. The SMILES string of the molecule is CC1CCN(CCCCO)C1. The molecule has 1 aliphatic rings. The molecule has 0 aromatic heterocycles. The van der Waals surface area contributed by atoms with Crippen molar-refractivity contribution in [2.45, 2.75) is 26.2 Å². The van der Waals surface area contributed by atoms with E-state index in [0.29, 0.717) is 6.61 Å². The van der Waals surface area contributed by atoms with Gasteiger partial charge < -0.3 is 10.0 Å². The van der Waals surface area contributed by atoms with E-state index in [2.05, 4.69) is 11.8 Å². The number of aliphatic hydroxyl groups is 1. The number of likely N-dealkylation sites (tertiary alicyclic amines) is 1. The molecule has 1 aliphatic heterocycles. The minimum atomic E-state index is 0.351. The molecule has 1 atom stereocenters. The topological polar surface area (TPSA) is 23.5 Å². The summed E-state index contributed by atoms with van der Waals surface area (Å²) in [5.74, 6) is 0.893. The second-order valence-electron chi connectivity index (χ2n) is 3.63. The molecule has 0 bridgehead atoms. The van der Waals surface area contributed by atoms with Gasteiger partial charge in [-0.05, 0) is 38.3 Å². The maximum atomic E-state index is 8.57. The molecule has 0 aromatic rings. The van der Waals surface area contributed by atoms with Crippen molar-refractivity contribution in [1.29, 1.82) is 0 Å². The lowest BCUT2D eigenvalue weighted by Gasteiger charge is -2.13. The Labute approximate surface area is 69.2 Å². The highest BCUT2D eigenvalue weighted by Gasteiger charge is 2.17. The molecular formula is C9H19NO. The molecular weight excluding hydrogens is 138 g/mol. The average Bonchev–Trinajstić information content (AvgIpc) is 2.37. The fourth-order valence-electron chi connectivity index (χ4n) is 1.68. The van der Waals surface area contributed by atoms with Gasteiger partial charge in [0.05, 0.1) is 0 Å². The molecule has 2 nitrogen and oxygen atoms in total. The van der Waals surface area contributed by atoms with Crippen LogP contribution in [0.15, 0.2) is 0 Å². The molecule has 1 fully saturated rings. The van der Waals surface area contributed by atoms with E-state index >= 15 is 0 Å². The van der Waals surface area contributed by atoms with Gasteiger partial charge in [0.15, 0.2) is 0 Å². The predicted octanol–water partition coefficient (Wildman–Crippen LogP) is 1.10. The Morgan fingerprint density at radius 3 is 2.82 bits per heavy atom. The van der Waals surface area contributed by atoms with Crippen LogP contribution in [0.2, 0.25) is 0 Å². The Morgan fingerprint density at radius 2 is 2.27 bits per heavy atom. The highest BCUT2D eigenvalue weighted by molar-refractivity contribution is 4.71. The number of nitrogens with zero attached hydrogens (tertiary/aromatic N) is 1. The molecule has 0 aliphatic carbocycles. The normalized spacial score (nSPS) is 26.2. The summed E-state index contributed by atoms with van der Waals surface area (Å²) < 4.78 is 0. The summed E-state index contributed by atoms with van der Waals surface area (Å²) in [7, 11) is 0. The van der Waals surface area contributed by atoms with Gasteiger partial charge in [-0.1, -0.05) is 6.92 Å². The molecule has 66 valence electrons. The fraction of sp³-hybridized carbons (Fsp3) is 1.00. The standard InChI is InChI=1S/C9H19NO/c1-9-4-6-10(8-9)5-2-3-7-11/h9,11H,2-8H2,1H3. The van der Waals surface area contributed by atoms with Crippen LogP contribution in [0.3, 0.4) is 0 Å². The van der Waals surface area contributed by atoms with E-state index in [9.17, 15) is 0 Å². The van der Waals surface area contributed by atoms with Gasteiger partial charge in [0.2, 0.25) is 0 Å². The van der Waals surface area contributed by atoms with E-state index in [4.69, 9.17) is 5.11 Å². The molecule has 2 heteroatoms. The van der Waals surface area contributed by atoms with Crippen molar-refractivity contribution in [3.63, 3.8) is 0 Å². The summed E-state index contributed by atoms with van der Waals surface area (Å²) in [5.41, 5.74) is 0. The van der Waals surface area contributed by atoms with Crippen molar-refractivity contribution in [1.82, 2.24) is 4.90 Å². The van der Waals surface area contributed by atoms with Crippen LogP contribution >= 0.6 is 0 Å². The third kappa shape index (κ3) is 3.21. The van der Waals surface area contributed by atoms with Crippen LogP contribution in [0.4, 0.5) is 0 Å². The lowest BCUT2D eigenvalue weighted by atomic mass is 10.2. The zero-order valence-electron chi connectivity index (χ0n) is 7.42. The molecule has 0 saturated carbocycles. The smallest absolute Gasteiger partial charge is 0.0431 e. The first-order valence-electron chi connectivity index (χ1n) is 4.66. The van der Waals surface area contributed by atoms with Crippen LogP contribution in [0, 0.1) is 5.92 Å². The van der Waals surface area contributed by atoms with E-state index < -0.39 is 0 Å². The van der Waals surface area contributed by atoms with Crippen LogP contribution < -0.4 is 0 Å². The Hall–Kier alpha value is -0.0800. The molecule has 0 radical (unpaired) electrons. The summed E-state index contributed by atoms with van der Waals surface area (Å²) in [6.07, 6.45) is 3.48. The Morgan fingerprint density at radius 1 is 1.45 bits per heavy atom. The molecule has 0 spiro atoms. The van der Waals surface area contributed by atoms with Gasteiger partial charge in [-0.2, -0.15) is 0 Å². The maximum absolute atomic E-state index is 8.57. The number of hydrogen-bond donors (Lipinski definition) is 1. The highest BCUT2D eigenvalue weighted by atomic mass is 16.2. The van der Waals surface area contributed by atoms with E-state index in [1.54, 1.807) is 0 Å². The van der Waals surface area contributed by atoms with Crippen LogP contribution in [0.5, 0.6) is 0 Å². The van der Waals surface area contributed by atoms with Crippen molar-refractivity contribution < 1.29 is 5.11 Å². The first-order valence-corrected chi connectivity index (χ1v) is 4.66. The van der Waals surface area contributed by atoms with Crippen molar-refractivity contribution in [2.24, 2.45) is 5.92 Å². The summed E-state index contributed by atoms with van der Waals surface area (Å²) in [5, 5.41) is 8.57.